The predicted molar refractivity (Wildman–Crippen MR) is 65.5 cm³/mol. The first-order valence-corrected chi connectivity index (χ1v) is 7.35. The fourth-order valence-electron chi connectivity index (χ4n) is 1.37. The van der Waals surface area contributed by atoms with Gasteiger partial charge in [-0.1, -0.05) is 23.7 Å². The quantitative estimate of drug-likeness (QED) is 0.904. The fraction of sp³-hybridized carbons (Fsp3) is 0.455. The van der Waals surface area contributed by atoms with Crippen LogP contribution in [0.4, 0.5) is 0 Å². The van der Waals surface area contributed by atoms with Crippen LogP contribution in [0.2, 0.25) is 5.02 Å². The summed E-state index contributed by atoms with van der Waals surface area (Å²) in [7, 11) is -3.03. The Bertz CT molecular complexity index is 468. The van der Waals surface area contributed by atoms with E-state index >= 15 is 0 Å². The molecule has 5 heteroatoms. The van der Waals surface area contributed by atoms with Crippen LogP contribution in [0.3, 0.4) is 0 Å². The summed E-state index contributed by atoms with van der Waals surface area (Å²) in [6.45, 7) is 1.84. The molecule has 1 rings (SSSR count). The number of hydrogen-bond acceptors (Lipinski definition) is 3. The topological polar surface area (TPSA) is 54.4 Å². The summed E-state index contributed by atoms with van der Waals surface area (Å²) in [6, 6.07) is 5.19. The Balaban J connectivity index is 2.73. The van der Waals surface area contributed by atoms with E-state index in [0.717, 1.165) is 11.8 Å². The van der Waals surface area contributed by atoms with E-state index in [-0.39, 0.29) is 12.2 Å². The molecule has 0 aliphatic rings. The van der Waals surface area contributed by atoms with E-state index in [1.165, 1.54) is 0 Å². The van der Waals surface area contributed by atoms with E-state index in [0.29, 0.717) is 10.6 Å². The Kier molecular flexibility index (Phi) is 4.35. The molecule has 1 atom stereocenters. The molecule has 0 aliphatic heterocycles. The van der Waals surface area contributed by atoms with Crippen molar-refractivity contribution >= 4 is 21.4 Å². The number of aliphatic hydroxyl groups is 1. The molecule has 0 amide bonds. The average molecular weight is 263 g/mol. The van der Waals surface area contributed by atoms with Gasteiger partial charge in [-0.25, -0.2) is 8.42 Å². The van der Waals surface area contributed by atoms with E-state index in [4.69, 9.17) is 11.6 Å². The first kappa shape index (κ1) is 13.5. The molecule has 0 aliphatic carbocycles. The maximum Gasteiger partial charge on any atom is 0.147 e. The number of hydrogen-bond donors (Lipinski definition) is 1. The normalized spacial score (nSPS) is 13.8. The Morgan fingerprint density at radius 2 is 2.06 bits per heavy atom. The van der Waals surface area contributed by atoms with Crippen molar-refractivity contribution in [1.82, 2.24) is 0 Å². The molecule has 1 N–H and O–H groups in total. The smallest absolute Gasteiger partial charge is 0.147 e. The molecule has 0 spiro atoms. The third-order valence-electron chi connectivity index (χ3n) is 2.33. The van der Waals surface area contributed by atoms with E-state index in [9.17, 15) is 13.5 Å². The average Bonchev–Trinajstić information content (AvgIpc) is 2.17. The molecule has 0 aromatic heterocycles. The molecule has 0 fully saturated rings. The Morgan fingerprint density at radius 3 is 2.56 bits per heavy atom. The number of rotatable bonds is 4. The van der Waals surface area contributed by atoms with Gasteiger partial charge in [0.1, 0.15) is 9.84 Å². The van der Waals surface area contributed by atoms with Gasteiger partial charge in [0.15, 0.2) is 0 Å². The molecule has 0 radical (unpaired) electrons. The summed E-state index contributed by atoms with van der Waals surface area (Å²) in [5.74, 6) is -0.0180. The molecule has 90 valence electrons. The third-order valence-corrected chi connectivity index (χ3v) is 3.73. The summed E-state index contributed by atoms with van der Waals surface area (Å²) in [4.78, 5) is 0. The van der Waals surface area contributed by atoms with Crippen LogP contribution in [-0.2, 0) is 9.84 Å². The maximum absolute atomic E-state index is 11.0. The standard InChI is InChI=1S/C11H15ClO3S/c1-8-7-9(3-4-10(8)12)11(13)5-6-16(2,14)15/h3-4,7,11,13H,5-6H2,1-2H3. The first-order valence-electron chi connectivity index (χ1n) is 4.91. The third kappa shape index (κ3) is 4.12. The zero-order valence-electron chi connectivity index (χ0n) is 9.27. The Hall–Kier alpha value is -0.580. The van der Waals surface area contributed by atoms with Gasteiger partial charge in [-0.15, -0.1) is 0 Å². The van der Waals surface area contributed by atoms with Crippen molar-refractivity contribution in [2.45, 2.75) is 19.4 Å². The van der Waals surface area contributed by atoms with E-state index in [2.05, 4.69) is 0 Å². The summed E-state index contributed by atoms with van der Waals surface area (Å²) < 4.78 is 21.9. The fourth-order valence-corrected chi connectivity index (χ4v) is 2.14. The van der Waals surface area contributed by atoms with Gasteiger partial charge in [-0.2, -0.15) is 0 Å². The minimum Gasteiger partial charge on any atom is -0.388 e. The zero-order chi connectivity index (χ0) is 12.3. The van der Waals surface area contributed by atoms with Gasteiger partial charge in [-0.3, -0.25) is 0 Å². The molecule has 0 saturated heterocycles. The van der Waals surface area contributed by atoms with Crippen molar-refractivity contribution in [3.63, 3.8) is 0 Å². The maximum atomic E-state index is 11.0. The second-order valence-corrected chi connectivity index (χ2v) is 6.61. The van der Waals surface area contributed by atoms with Crippen molar-refractivity contribution in [3.05, 3.63) is 34.3 Å². The highest BCUT2D eigenvalue weighted by Crippen LogP contribution is 2.22. The lowest BCUT2D eigenvalue weighted by Gasteiger charge is -2.11. The highest BCUT2D eigenvalue weighted by molar-refractivity contribution is 7.90. The lowest BCUT2D eigenvalue weighted by atomic mass is 10.1. The molecule has 16 heavy (non-hydrogen) atoms. The predicted octanol–water partition coefficient (Wildman–Crippen LogP) is 2.12. The monoisotopic (exact) mass is 262 g/mol. The molecule has 1 aromatic rings. The van der Waals surface area contributed by atoms with Crippen LogP contribution in [0, 0.1) is 6.92 Å². The number of aryl methyl sites for hydroxylation is 1. The minimum absolute atomic E-state index is 0.0180. The molecule has 1 aromatic carbocycles. The Morgan fingerprint density at radius 1 is 1.44 bits per heavy atom. The second kappa shape index (κ2) is 5.17. The zero-order valence-corrected chi connectivity index (χ0v) is 10.8. The SMILES string of the molecule is Cc1cc(C(O)CCS(C)(=O)=O)ccc1Cl. The van der Waals surface area contributed by atoms with Gasteiger partial charge in [0.25, 0.3) is 0 Å². The van der Waals surface area contributed by atoms with Crippen LogP contribution < -0.4 is 0 Å². The lowest BCUT2D eigenvalue weighted by Crippen LogP contribution is -2.08. The van der Waals surface area contributed by atoms with E-state index in [1.54, 1.807) is 18.2 Å². The molecule has 0 bridgehead atoms. The lowest BCUT2D eigenvalue weighted by molar-refractivity contribution is 0.174. The minimum atomic E-state index is -3.03. The van der Waals surface area contributed by atoms with Gasteiger partial charge in [0.2, 0.25) is 0 Å². The van der Waals surface area contributed by atoms with Gasteiger partial charge in [0, 0.05) is 11.3 Å². The van der Waals surface area contributed by atoms with E-state index < -0.39 is 15.9 Å². The van der Waals surface area contributed by atoms with Crippen LogP contribution in [0.5, 0.6) is 0 Å². The number of halogens is 1. The van der Waals surface area contributed by atoms with Crippen LogP contribution in [0.25, 0.3) is 0 Å². The van der Waals surface area contributed by atoms with Gasteiger partial charge >= 0.3 is 0 Å². The van der Waals surface area contributed by atoms with Gasteiger partial charge in [0.05, 0.1) is 11.9 Å². The summed E-state index contributed by atoms with van der Waals surface area (Å²) in [5, 5.41) is 10.4. The van der Waals surface area contributed by atoms with Crippen LogP contribution in [0.15, 0.2) is 18.2 Å². The van der Waals surface area contributed by atoms with Crippen molar-refractivity contribution in [2.24, 2.45) is 0 Å². The van der Waals surface area contributed by atoms with Crippen LogP contribution >= 0.6 is 11.6 Å². The molecule has 3 nitrogen and oxygen atoms in total. The molecular formula is C11H15ClO3S. The highest BCUT2D eigenvalue weighted by Gasteiger charge is 2.12. The number of aliphatic hydroxyl groups excluding tert-OH is 1. The van der Waals surface area contributed by atoms with Crippen molar-refractivity contribution in [3.8, 4) is 0 Å². The molecule has 1 unspecified atom stereocenters. The second-order valence-electron chi connectivity index (χ2n) is 3.94. The largest absolute Gasteiger partial charge is 0.388 e. The summed E-state index contributed by atoms with van der Waals surface area (Å²) in [6.07, 6.45) is 0.609. The van der Waals surface area contributed by atoms with Crippen molar-refractivity contribution in [2.75, 3.05) is 12.0 Å². The molecule has 0 saturated carbocycles. The van der Waals surface area contributed by atoms with E-state index in [1.807, 2.05) is 6.92 Å². The van der Waals surface area contributed by atoms with Gasteiger partial charge in [-0.05, 0) is 30.5 Å². The molecular weight excluding hydrogens is 248 g/mol. The first-order chi connectivity index (χ1) is 7.29. The van der Waals surface area contributed by atoms with Crippen molar-refractivity contribution in [1.29, 1.82) is 0 Å². The number of sulfone groups is 1. The molecule has 0 heterocycles. The Labute approximate surface area is 101 Å². The number of benzene rings is 1. The van der Waals surface area contributed by atoms with Gasteiger partial charge < -0.3 is 5.11 Å². The van der Waals surface area contributed by atoms with Crippen molar-refractivity contribution < 1.29 is 13.5 Å². The van der Waals surface area contributed by atoms with Crippen LogP contribution in [0.1, 0.15) is 23.7 Å². The highest BCUT2D eigenvalue weighted by atomic mass is 35.5. The summed E-state index contributed by atoms with van der Waals surface area (Å²) >= 11 is 5.86. The van der Waals surface area contributed by atoms with Crippen LogP contribution in [-0.4, -0.2) is 25.5 Å². The summed E-state index contributed by atoms with van der Waals surface area (Å²) in [5.41, 5.74) is 1.57.